The van der Waals surface area contributed by atoms with E-state index < -0.39 is 0 Å². The summed E-state index contributed by atoms with van der Waals surface area (Å²) in [4.78, 5) is 0. The zero-order valence-electron chi connectivity index (χ0n) is 14.9. The van der Waals surface area contributed by atoms with Gasteiger partial charge in [0, 0.05) is 0 Å². The minimum absolute atomic E-state index is 0. The summed E-state index contributed by atoms with van der Waals surface area (Å²) in [7, 11) is 0. The Morgan fingerprint density at radius 1 is 0.667 bits per heavy atom. The third kappa shape index (κ3) is 6.19. The molecule has 0 aromatic heterocycles. The van der Waals surface area contributed by atoms with Crippen molar-refractivity contribution in [2.75, 3.05) is 0 Å². The molecule has 4 aromatic carbocycles. The zero-order valence-corrected chi connectivity index (χ0v) is 19.5. The second kappa shape index (κ2) is 11.6. The molecule has 0 saturated heterocycles. The Balaban J connectivity index is 0.000000372. The molecule has 0 aliphatic heterocycles. The van der Waals surface area contributed by atoms with Gasteiger partial charge in [0.15, 0.2) is 0 Å². The molecule has 4 rings (SSSR count). The van der Waals surface area contributed by atoms with E-state index >= 15 is 0 Å². The predicted molar refractivity (Wildman–Crippen MR) is 107 cm³/mol. The quantitative estimate of drug-likeness (QED) is 0.219. The second-order valence-electron chi connectivity index (χ2n) is 5.32. The van der Waals surface area contributed by atoms with Gasteiger partial charge in [-0.1, -0.05) is 26.0 Å². The standard InChI is InChI=1S/2C10H9.2CH3.Ge.Zr/c2*1-8-6-9-4-2-3-5-10(9)7-8;;;;/h2*2-7H,1H3;2*1H3;;/q4*-1;;. The third-order valence-corrected chi connectivity index (χ3v) is 3.52. The van der Waals surface area contributed by atoms with E-state index in [1.807, 2.05) is 0 Å². The van der Waals surface area contributed by atoms with Gasteiger partial charge in [-0.25, -0.2) is 0 Å². The van der Waals surface area contributed by atoms with Crippen LogP contribution in [-0.4, -0.2) is 12.1 Å². The van der Waals surface area contributed by atoms with Crippen LogP contribution in [0.2, 0.25) is 0 Å². The molecule has 0 aliphatic rings. The molecule has 0 atom stereocenters. The van der Waals surface area contributed by atoms with Gasteiger partial charge in [-0.15, -0.1) is 81.2 Å². The Morgan fingerprint density at radius 3 is 1.33 bits per heavy atom. The average Bonchev–Trinajstić information content (AvgIpc) is 3.10. The van der Waals surface area contributed by atoms with Gasteiger partial charge in [0.1, 0.15) is 0 Å². The van der Waals surface area contributed by atoms with Crippen LogP contribution in [0.3, 0.4) is 0 Å². The molecule has 2 heteroatoms. The molecule has 0 heterocycles. The summed E-state index contributed by atoms with van der Waals surface area (Å²) in [6.07, 6.45) is 0. The first kappa shape index (κ1) is 23.1. The monoisotopic (exact) mass is 452 g/mol. The Morgan fingerprint density at radius 2 is 1.00 bits per heavy atom. The van der Waals surface area contributed by atoms with Gasteiger partial charge in [-0.05, 0) is 0 Å². The Labute approximate surface area is 167 Å². The van der Waals surface area contributed by atoms with Crippen molar-refractivity contribution in [2.45, 2.75) is 13.8 Å². The van der Waals surface area contributed by atoms with Crippen LogP contribution in [0.15, 0.2) is 72.8 Å². The summed E-state index contributed by atoms with van der Waals surface area (Å²) < 4.78 is 0. The number of benzene rings is 2. The van der Waals surface area contributed by atoms with Crippen LogP contribution in [0.25, 0.3) is 21.5 Å². The molecule has 0 N–H and O–H groups in total. The topological polar surface area (TPSA) is 0 Å². The van der Waals surface area contributed by atoms with E-state index in [1.165, 1.54) is 32.7 Å². The van der Waals surface area contributed by atoms with Crippen molar-refractivity contribution in [1.29, 1.82) is 0 Å². The summed E-state index contributed by atoms with van der Waals surface area (Å²) in [5, 5.41) is 5.39. The first-order chi connectivity index (χ1) is 10.7. The first-order valence-electron chi connectivity index (χ1n) is 7.21. The van der Waals surface area contributed by atoms with Crippen molar-refractivity contribution in [3.63, 3.8) is 0 Å². The van der Waals surface area contributed by atoms with Gasteiger partial charge in [0.05, 0.1) is 0 Å². The first-order valence-corrected chi connectivity index (χ1v) is 14.6. The fourth-order valence-corrected chi connectivity index (χ4v) is 2.61. The van der Waals surface area contributed by atoms with Crippen LogP contribution in [0, 0.1) is 28.7 Å². The molecular formula is C22H24GeZr-4. The molecule has 124 valence electrons. The van der Waals surface area contributed by atoms with E-state index in [2.05, 4.69) is 98.8 Å². The van der Waals surface area contributed by atoms with Gasteiger partial charge in [-0.2, -0.15) is 12.1 Å². The minimum atomic E-state index is 0. The molecule has 0 amide bonds. The van der Waals surface area contributed by atoms with Crippen LogP contribution in [0.5, 0.6) is 0 Å². The Bertz CT molecular complexity index is 716. The van der Waals surface area contributed by atoms with Crippen molar-refractivity contribution in [2.24, 2.45) is 0 Å². The van der Waals surface area contributed by atoms with E-state index in [0.29, 0.717) is 0 Å². The molecule has 0 fully saturated rings. The fourth-order valence-electron chi connectivity index (χ4n) is 2.61. The van der Waals surface area contributed by atoms with E-state index in [-0.39, 0.29) is 14.9 Å². The van der Waals surface area contributed by atoms with Crippen LogP contribution >= 0.6 is 0 Å². The SMILES string of the molecule is Cc1cc2ccccc2[cH-]1.Cc1cc2ccccc2[cH-]1.[CH3-].[CH3-].[Ge]=[Zr]. The van der Waals surface area contributed by atoms with E-state index in [1.54, 1.807) is 21.6 Å². The Hall–Kier alpha value is -0.914. The maximum atomic E-state index is 2.20. The molecule has 0 unspecified atom stereocenters. The zero-order chi connectivity index (χ0) is 15.9. The Kier molecular flexibility index (Phi) is 11.2. The molecule has 0 aliphatic carbocycles. The average molecular weight is 452 g/mol. The number of hydrogen-bond donors (Lipinski definition) is 0. The van der Waals surface area contributed by atoms with Gasteiger partial charge >= 0.3 is 33.7 Å². The molecule has 0 bridgehead atoms. The predicted octanol–water partition coefficient (Wildman–Crippen LogP) is 6.25. The molecular weight excluding hydrogens is 428 g/mol. The molecule has 0 saturated carbocycles. The molecule has 0 spiro atoms. The van der Waals surface area contributed by atoms with Crippen LogP contribution in [-0.2, 0) is 21.6 Å². The van der Waals surface area contributed by atoms with Crippen molar-refractivity contribution in [1.82, 2.24) is 0 Å². The number of rotatable bonds is 0. The van der Waals surface area contributed by atoms with E-state index in [0.717, 1.165) is 0 Å². The summed E-state index contributed by atoms with van der Waals surface area (Å²) in [6, 6.07) is 25.7. The van der Waals surface area contributed by atoms with E-state index in [4.69, 9.17) is 0 Å². The van der Waals surface area contributed by atoms with Crippen molar-refractivity contribution < 1.29 is 21.6 Å². The maximum absolute atomic E-state index is 2.20. The number of fused-ring (bicyclic) bond motifs is 2. The van der Waals surface area contributed by atoms with Crippen LogP contribution < -0.4 is 0 Å². The van der Waals surface area contributed by atoms with Gasteiger partial charge in [0.25, 0.3) is 0 Å². The normalized spacial score (nSPS) is 8.88. The number of aryl methyl sites for hydroxylation is 2. The van der Waals surface area contributed by atoms with E-state index in [9.17, 15) is 0 Å². The van der Waals surface area contributed by atoms with Crippen molar-refractivity contribution >= 4 is 33.7 Å². The van der Waals surface area contributed by atoms with Crippen LogP contribution in [0.1, 0.15) is 11.1 Å². The second-order valence-corrected chi connectivity index (χ2v) is 5.32. The van der Waals surface area contributed by atoms with Gasteiger partial charge in [0.2, 0.25) is 0 Å². The van der Waals surface area contributed by atoms with Gasteiger partial charge < -0.3 is 14.9 Å². The third-order valence-electron chi connectivity index (χ3n) is 3.52. The summed E-state index contributed by atoms with van der Waals surface area (Å²) >= 11 is 3.64. The molecule has 24 heavy (non-hydrogen) atoms. The van der Waals surface area contributed by atoms with Crippen molar-refractivity contribution in [3.8, 4) is 0 Å². The van der Waals surface area contributed by atoms with Gasteiger partial charge in [-0.3, -0.25) is 0 Å². The summed E-state index contributed by atoms with van der Waals surface area (Å²) in [6.45, 7) is 4.25. The number of hydrogen-bond acceptors (Lipinski definition) is 0. The molecule has 0 nitrogen and oxygen atoms in total. The summed E-state index contributed by atoms with van der Waals surface area (Å²) in [5.41, 5.74) is 2.70. The molecule has 4 aromatic rings. The molecule has 2 radical (unpaired) electrons. The van der Waals surface area contributed by atoms with Crippen LogP contribution in [0.4, 0.5) is 0 Å². The van der Waals surface area contributed by atoms with Crippen molar-refractivity contribution in [3.05, 3.63) is 98.8 Å². The fraction of sp³-hybridized carbons (Fsp3) is 0.0909. The summed E-state index contributed by atoms with van der Waals surface area (Å²) in [5.74, 6) is 0.